The lowest BCUT2D eigenvalue weighted by atomic mass is 9.62. The molecule has 1 aliphatic heterocycles. The number of nitrogens with one attached hydrogen (secondary N) is 1. The molecule has 2 heterocycles. The van der Waals surface area contributed by atoms with Crippen molar-refractivity contribution in [3.63, 3.8) is 0 Å². The highest BCUT2D eigenvalue weighted by Crippen LogP contribution is 2.51. The SMILES string of the molecule is COc1cccc(CC(=O)N2CC(C(=O)NCc3cccnc3)C3(CCC3)C2)c1. The summed E-state index contributed by atoms with van der Waals surface area (Å²) in [6.07, 6.45) is 6.97. The normalized spacial score (nSPS) is 19.6. The number of methoxy groups -OCH3 is 1. The van der Waals surface area contributed by atoms with Gasteiger partial charge in [0.2, 0.25) is 11.8 Å². The lowest BCUT2D eigenvalue weighted by Crippen LogP contribution is -2.45. The molecule has 4 rings (SSSR count). The Morgan fingerprint density at radius 2 is 2.07 bits per heavy atom. The molecule has 1 aromatic heterocycles. The fraction of sp³-hybridized carbons (Fsp3) is 0.435. The summed E-state index contributed by atoms with van der Waals surface area (Å²) in [4.78, 5) is 31.9. The van der Waals surface area contributed by atoms with E-state index in [0.29, 0.717) is 26.1 Å². The van der Waals surface area contributed by atoms with Crippen LogP contribution >= 0.6 is 0 Å². The molecule has 1 saturated heterocycles. The fourth-order valence-corrected chi connectivity index (χ4v) is 4.54. The third-order valence-electron chi connectivity index (χ3n) is 6.35. The Morgan fingerprint density at radius 1 is 1.24 bits per heavy atom. The van der Waals surface area contributed by atoms with Crippen LogP contribution in [0.2, 0.25) is 0 Å². The Bertz CT molecular complexity index is 880. The summed E-state index contributed by atoms with van der Waals surface area (Å²) in [5.74, 6) is 0.736. The molecule has 0 bridgehead atoms. The molecule has 1 aromatic carbocycles. The molecule has 1 spiro atoms. The van der Waals surface area contributed by atoms with Gasteiger partial charge in [-0.2, -0.15) is 0 Å². The Morgan fingerprint density at radius 3 is 2.76 bits per heavy atom. The van der Waals surface area contributed by atoms with Crippen molar-refractivity contribution in [1.82, 2.24) is 15.2 Å². The Labute approximate surface area is 171 Å². The van der Waals surface area contributed by atoms with Crippen LogP contribution in [-0.2, 0) is 22.6 Å². The first-order valence-electron chi connectivity index (χ1n) is 10.2. The van der Waals surface area contributed by atoms with Crippen LogP contribution in [0.25, 0.3) is 0 Å². The van der Waals surface area contributed by atoms with Crippen molar-refractivity contribution in [1.29, 1.82) is 0 Å². The third-order valence-corrected chi connectivity index (χ3v) is 6.35. The highest BCUT2D eigenvalue weighted by molar-refractivity contribution is 5.84. The number of amides is 2. The molecular weight excluding hydrogens is 366 g/mol. The minimum atomic E-state index is -0.137. The number of pyridine rings is 1. The number of carbonyl (C=O) groups is 2. The number of likely N-dealkylation sites (tertiary alicyclic amines) is 1. The zero-order valence-corrected chi connectivity index (χ0v) is 16.8. The van der Waals surface area contributed by atoms with E-state index in [0.717, 1.165) is 36.1 Å². The standard InChI is InChI=1S/C23H27N3O3/c1-29-19-7-2-5-17(11-19)12-21(27)26-15-20(23(16-26)8-4-9-23)22(28)25-14-18-6-3-10-24-13-18/h2-3,5-7,10-11,13,20H,4,8-9,12,14-16H2,1H3,(H,25,28). The second kappa shape index (κ2) is 8.23. The maximum Gasteiger partial charge on any atom is 0.227 e. The largest absolute Gasteiger partial charge is 0.497 e. The van der Waals surface area contributed by atoms with Gasteiger partial charge in [-0.3, -0.25) is 14.6 Å². The van der Waals surface area contributed by atoms with Crippen molar-refractivity contribution in [3.05, 3.63) is 59.9 Å². The van der Waals surface area contributed by atoms with Crippen molar-refractivity contribution >= 4 is 11.8 Å². The topological polar surface area (TPSA) is 71.5 Å². The molecule has 2 aromatic rings. The van der Waals surface area contributed by atoms with E-state index in [2.05, 4.69) is 10.3 Å². The minimum Gasteiger partial charge on any atom is -0.497 e. The molecule has 6 heteroatoms. The fourth-order valence-electron chi connectivity index (χ4n) is 4.54. The van der Waals surface area contributed by atoms with E-state index in [-0.39, 0.29) is 23.1 Å². The lowest BCUT2D eigenvalue weighted by Gasteiger charge is -2.41. The first-order chi connectivity index (χ1) is 14.1. The highest BCUT2D eigenvalue weighted by Gasteiger charge is 2.54. The Hall–Kier alpha value is -2.89. The zero-order valence-electron chi connectivity index (χ0n) is 16.8. The van der Waals surface area contributed by atoms with Crippen LogP contribution in [0, 0.1) is 11.3 Å². The number of aromatic nitrogens is 1. The maximum absolute atomic E-state index is 13.0. The van der Waals surface area contributed by atoms with E-state index in [1.807, 2.05) is 41.3 Å². The summed E-state index contributed by atoms with van der Waals surface area (Å²) in [5, 5.41) is 3.06. The molecular formula is C23H27N3O3. The molecule has 2 amide bonds. The quantitative estimate of drug-likeness (QED) is 0.819. The average Bonchev–Trinajstić information content (AvgIpc) is 3.15. The molecule has 1 N–H and O–H groups in total. The van der Waals surface area contributed by atoms with Gasteiger partial charge in [-0.05, 0) is 42.2 Å². The van der Waals surface area contributed by atoms with Gasteiger partial charge in [0.05, 0.1) is 19.4 Å². The van der Waals surface area contributed by atoms with Crippen molar-refractivity contribution in [2.75, 3.05) is 20.2 Å². The van der Waals surface area contributed by atoms with Gasteiger partial charge in [-0.1, -0.05) is 24.6 Å². The molecule has 1 saturated carbocycles. The van der Waals surface area contributed by atoms with Gasteiger partial charge >= 0.3 is 0 Å². The van der Waals surface area contributed by atoms with Crippen molar-refractivity contribution in [2.45, 2.75) is 32.2 Å². The van der Waals surface area contributed by atoms with E-state index in [4.69, 9.17) is 4.74 Å². The maximum atomic E-state index is 13.0. The summed E-state index contributed by atoms with van der Waals surface area (Å²) in [6.45, 7) is 1.65. The lowest BCUT2D eigenvalue weighted by molar-refractivity contribution is -0.130. The average molecular weight is 393 g/mol. The van der Waals surface area contributed by atoms with Crippen molar-refractivity contribution in [2.24, 2.45) is 11.3 Å². The van der Waals surface area contributed by atoms with Gasteiger partial charge in [-0.15, -0.1) is 0 Å². The predicted molar refractivity (Wildman–Crippen MR) is 109 cm³/mol. The van der Waals surface area contributed by atoms with Crippen LogP contribution in [0.4, 0.5) is 0 Å². The number of hydrogen-bond donors (Lipinski definition) is 1. The monoisotopic (exact) mass is 393 g/mol. The molecule has 0 radical (unpaired) electrons. The van der Waals surface area contributed by atoms with E-state index in [1.54, 1.807) is 19.5 Å². The van der Waals surface area contributed by atoms with Crippen LogP contribution in [0.5, 0.6) is 5.75 Å². The molecule has 1 unspecified atom stereocenters. The van der Waals surface area contributed by atoms with Gasteiger partial charge in [0.25, 0.3) is 0 Å². The number of carbonyl (C=O) groups excluding carboxylic acids is 2. The minimum absolute atomic E-state index is 0.0465. The van der Waals surface area contributed by atoms with Crippen molar-refractivity contribution < 1.29 is 14.3 Å². The number of benzene rings is 1. The van der Waals surface area contributed by atoms with E-state index in [9.17, 15) is 9.59 Å². The van der Waals surface area contributed by atoms with Gasteiger partial charge in [0.15, 0.2) is 0 Å². The summed E-state index contributed by atoms with van der Waals surface area (Å²) >= 11 is 0. The molecule has 29 heavy (non-hydrogen) atoms. The molecule has 2 aliphatic rings. The second-order valence-corrected chi connectivity index (χ2v) is 8.15. The van der Waals surface area contributed by atoms with Gasteiger partial charge in [0.1, 0.15) is 5.75 Å². The van der Waals surface area contributed by atoms with Crippen LogP contribution in [-0.4, -0.2) is 41.9 Å². The second-order valence-electron chi connectivity index (χ2n) is 8.15. The van der Waals surface area contributed by atoms with Crippen LogP contribution in [0.3, 0.4) is 0 Å². The number of ether oxygens (including phenoxy) is 1. The smallest absolute Gasteiger partial charge is 0.227 e. The van der Waals surface area contributed by atoms with Crippen LogP contribution < -0.4 is 10.1 Å². The van der Waals surface area contributed by atoms with Gasteiger partial charge < -0.3 is 15.0 Å². The number of nitrogens with zero attached hydrogens (tertiary/aromatic N) is 2. The highest BCUT2D eigenvalue weighted by atomic mass is 16.5. The van der Waals surface area contributed by atoms with Crippen LogP contribution in [0.15, 0.2) is 48.8 Å². The molecule has 6 nitrogen and oxygen atoms in total. The number of rotatable bonds is 6. The third kappa shape index (κ3) is 4.11. The molecule has 1 atom stereocenters. The Balaban J connectivity index is 1.40. The molecule has 152 valence electrons. The van der Waals surface area contributed by atoms with E-state index >= 15 is 0 Å². The van der Waals surface area contributed by atoms with E-state index < -0.39 is 0 Å². The Kier molecular flexibility index (Phi) is 5.51. The summed E-state index contributed by atoms with van der Waals surface area (Å²) in [7, 11) is 1.62. The number of hydrogen-bond acceptors (Lipinski definition) is 4. The van der Waals surface area contributed by atoms with E-state index in [1.165, 1.54) is 0 Å². The zero-order chi connectivity index (χ0) is 20.3. The molecule has 2 fully saturated rings. The summed E-state index contributed by atoms with van der Waals surface area (Å²) in [5.41, 5.74) is 1.86. The first-order valence-corrected chi connectivity index (χ1v) is 10.2. The van der Waals surface area contributed by atoms with Crippen LogP contribution in [0.1, 0.15) is 30.4 Å². The predicted octanol–water partition coefficient (Wildman–Crippen LogP) is 2.58. The van der Waals surface area contributed by atoms with Gasteiger partial charge in [0, 0.05) is 37.4 Å². The summed E-state index contributed by atoms with van der Waals surface area (Å²) < 4.78 is 5.25. The molecule has 1 aliphatic carbocycles. The first kappa shape index (κ1) is 19.4. The van der Waals surface area contributed by atoms with Crippen molar-refractivity contribution in [3.8, 4) is 5.75 Å². The van der Waals surface area contributed by atoms with Gasteiger partial charge in [-0.25, -0.2) is 0 Å². The summed E-state index contributed by atoms with van der Waals surface area (Å²) in [6, 6.07) is 11.4.